The van der Waals surface area contributed by atoms with Crippen molar-refractivity contribution in [2.45, 2.75) is 45.1 Å². The van der Waals surface area contributed by atoms with E-state index < -0.39 is 0 Å². The fraction of sp³-hybridized carbons (Fsp3) is 0.667. The van der Waals surface area contributed by atoms with Crippen molar-refractivity contribution in [2.24, 2.45) is 11.7 Å². The van der Waals surface area contributed by atoms with Gasteiger partial charge in [0, 0.05) is 30.4 Å². The lowest BCUT2D eigenvalue weighted by Gasteiger charge is -2.39. The van der Waals surface area contributed by atoms with Crippen molar-refractivity contribution < 1.29 is 4.79 Å². The van der Waals surface area contributed by atoms with E-state index in [1.165, 1.54) is 11.3 Å². The third-order valence-corrected chi connectivity index (χ3v) is 5.01. The van der Waals surface area contributed by atoms with Crippen molar-refractivity contribution >= 4 is 17.2 Å². The molecule has 1 aromatic rings. The maximum atomic E-state index is 12.3. The number of likely N-dealkylation sites (tertiary alicyclic amines) is 1. The Balaban J connectivity index is 1.81. The number of piperidine rings is 1. The molecule has 1 fully saturated rings. The van der Waals surface area contributed by atoms with Crippen molar-refractivity contribution in [1.29, 1.82) is 0 Å². The number of amides is 1. The maximum Gasteiger partial charge on any atom is 0.222 e. The Kier molecular flexibility index (Phi) is 5.40. The van der Waals surface area contributed by atoms with Crippen LogP contribution in [0.15, 0.2) is 17.5 Å². The quantitative estimate of drug-likeness (QED) is 0.901. The number of carbonyl (C=O) groups is 1. The zero-order valence-electron chi connectivity index (χ0n) is 11.7. The van der Waals surface area contributed by atoms with Crippen LogP contribution in [0.1, 0.15) is 37.5 Å². The van der Waals surface area contributed by atoms with Crippen LogP contribution in [-0.4, -0.2) is 29.9 Å². The van der Waals surface area contributed by atoms with E-state index in [1.807, 2.05) is 4.90 Å². The Labute approximate surface area is 119 Å². The third kappa shape index (κ3) is 3.80. The molecule has 2 heterocycles. The highest BCUT2D eigenvalue weighted by molar-refractivity contribution is 7.09. The van der Waals surface area contributed by atoms with Gasteiger partial charge in [0.1, 0.15) is 0 Å². The second kappa shape index (κ2) is 7.06. The van der Waals surface area contributed by atoms with Crippen LogP contribution in [0, 0.1) is 5.92 Å². The number of thiophene rings is 1. The third-order valence-electron chi connectivity index (χ3n) is 4.07. The summed E-state index contributed by atoms with van der Waals surface area (Å²) < 4.78 is 0. The predicted molar refractivity (Wildman–Crippen MR) is 80.2 cm³/mol. The molecule has 2 unspecified atom stereocenters. The Bertz CT molecular complexity index is 391. The molecule has 0 radical (unpaired) electrons. The Morgan fingerprint density at radius 2 is 2.42 bits per heavy atom. The normalized spacial score (nSPS) is 23.6. The molecule has 0 spiro atoms. The summed E-state index contributed by atoms with van der Waals surface area (Å²) in [5, 5.41) is 2.09. The van der Waals surface area contributed by atoms with Crippen LogP contribution in [0.3, 0.4) is 0 Å². The molecule has 4 heteroatoms. The first kappa shape index (κ1) is 14.5. The van der Waals surface area contributed by atoms with E-state index >= 15 is 0 Å². The first-order valence-electron chi connectivity index (χ1n) is 7.24. The summed E-state index contributed by atoms with van der Waals surface area (Å²) in [6.07, 6.45) is 4.93. The number of nitrogens with zero attached hydrogens (tertiary/aromatic N) is 1. The standard InChI is InChI=1S/C15H24N2OS/c1-12-5-3-9-17(14(12)11-16)15(18)8-2-6-13-7-4-10-19-13/h4,7,10,12,14H,2-3,5-6,8-9,11,16H2,1H3. The molecule has 1 aliphatic rings. The van der Waals surface area contributed by atoms with Gasteiger partial charge in [-0.2, -0.15) is 0 Å². The van der Waals surface area contributed by atoms with Crippen molar-refractivity contribution in [3.05, 3.63) is 22.4 Å². The molecule has 1 aromatic heterocycles. The largest absolute Gasteiger partial charge is 0.338 e. The molecule has 0 aromatic carbocycles. The fourth-order valence-electron chi connectivity index (χ4n) is 2.93. The molecule has 2 rings (SSSR count). The molecule has 0 aliphatic carbocycles. The molecule has 0 bridgehead atoms. The molecule has 1 aliphatic heterocycles. The van der Waals surface area contributed by atoms with Gasteiger partial charge >= 0.3 is 0 Å². The average Bonchev–Trinajstić information content (AvgIpc) is 2.91. The van der Waals surface area contributed by atoms with Crippen LogP contribution in [0.2, 0.25) is 0 Å². The van der Waals surface area contributed by atoms with Gasteiger partial charge in [-0.3, -0.25) is 4.79 Å². The molecule has 19 heavy (non-hydrogen) atoms. The second-order valence-electron chi connectivity index (χ2n) is 5.44. The van der Waals surface area contributed by atoms with Gasteiger partial charge in [-0.05, 0) is 43.0 Å². The number of carbonyl (C=O) groups excluding carboxylic acids is 1. The van der Waals surface area contributed by atoms with Crippen molar-refractivity contribution in [3.63, 3.8) is 0 Å². The number of nitrogens with two attached hydrogens (primary N) is 1. The molecule has 2 atom stereocenters. The van der Waals surface area contributed by atoms with Gasteiger partial charge in [0.15, 0.2) is 0 Å². The van der Waals surface area contributed by atoms with Crippen LogP contribution in [0.25, 0.3) is 0 Å². The van der Waals surface area contributed by atoms with E-state index in [0.29, 0.717) is 24.8 Å². The van der Waals surface area contributed by atoms with E-state index in [9.17, 15) is 4.79 Å². The van der Waals surface area contributed by atoms with Crippen molar-refractivity contribution in [1.82, 2.24) is 4.90 Å². The lowest BCUT2D eigenvalue weighted by molar-refractivity contribution is -0.136. The van der Waals surface area contributed by atoms with E-state index in [1.54, 1.807) is 11.3 Å². The van der Waals surface area contributed by atoms with Crippen LogP contribution < -0.4 is 5.73 Å². The van der Waals surface area contributed by atoms with Gasteiger partial charge in [-0.25, -0.2) is 0 Å². The average molecular weight is 280 g/mol. The summed E-state index contributed by atoms with van der Waals surface area (Å²) in [5.41, 5.74) is 5.84. The summed E-state index contributed by atoms with van der Waals surface area (Å²) >= 11 is 1.77. The first-order chi connectivity index (χ1) is 9.22. The van der Waals surface area contributed by atoms with Crippen LogP contribution in [0.4, 0.5) is 0 Å². The first-order valence-corrected chi connectivity index (χ1v) is 8.12. The Hall–Kier alpha value is -0.870. The highest BCUT2D eigenvalue weighted by Crippen LogP contribution is 2.23. The van der Waals surface area contributed by atoms with Gasteiger partial charge in [0.2, 0.25) is 5.91 Å². The van der Waals surface area contributed by atoms with Gasteiger partial charge in [-0.1, -0.05) is 13.0 Å². The molecular formula is C15H24N2OS. The number of hydrogen-bond donors (Lipinski definition) is 1. The van der Waals surface area contributed by atoms with Crippen LogP contribution >= 0.6 is 11.3 Å². The zero-order chi connectivity index (χ0) is 13.7. The van der Waals surface area contributed by atoms with Crippen molar-refractivity contribution in [2.75, 3.05) is 13.1 Å². The Morgan fingerprint density at radius 3 is 3.11 bits per heavy atom. The summed E-state index contributed by atoms with van der Waals surface area (Å²) in [7, 11) is 0. The summed E-state index contributed by atoms with van der Waals surface area (Å²) in [6, 6.07) is 4.46. The van der Waals surface area contributed by atoms with E-state index in [0.717, 1.165) is 25.8 Å². The molecule has 3 nitrogen and oxygen atoms in total. The summed E-state index contributed by atoms with van der Waals surface area (Å²) in [5.74, 6) is 0.832. The van der Waals surface area contributed by atoms with Crippen LogP contribution in [0.5, 0.6) is 0 Å². The SMILES string of the molecule is CC1CCCN(C(=O)CCCc2cccs2)C1CN. The molecule has 0 saturated carbocycles. The molecule has 2 N–H and O–H groups in total. The second-order valence-corrected chi connectivity index (χ2v) is 6.47. The zero-order valence-corrected chi connectivity index (χ0v) is 12.5. The van der Waals surface area contributed by atoms with Gasteiger partial charge in [0.25, 0.3) is 0 Å². The van der Waals surface area contributed by atoms with Gasteiger partial charge in [-0.15, -0.1) is 11.3 Å². The molecular weight excluding hydrogens is 256 g/mol. The minimum Gasteiger partial charge on any atom is -0.338 e. The lowest BCUT2D eigenvalue weighted by atomic mass is 9.90. The highest BCUT2D eigenvalue weighted by Gasteiger charge is 2.30. The predicted octanol–water partition coefficient (Wildman–Crippen LogP) is 2.66. The highest BCUT2D eigenvalue weighted by atomic mass is 32.1. The minimum atomic E-state index is 0.253. The molecule has 1 saturated heterocycles. The number of rotatable bonds is 5. The summed E-state index contributed by atoms with van der Waals surface area (Å²) in [6.45, 7) is 3.70. The van der Waals surface area contributed by atoms with E-state index in [4.69, 9.17) is 5.73 Å². The molecule has 106 valence electrons. The molecule has 1 amide bonds. The van der Waals surface area contributed by atoms with E-state index in [2.05, 4.69) is 24.4 Å². The number of hydrogen-bond acceptors (Lipinski definition) is 3. The minimum absolute atomic E-state index is 0.253. The fourth-order valence-corrected chi connectivity index (χ4v) is 3.68. The summed E-state index contributed by atoms with van der Waals surface area (Å²) in [4.78, 5) is 15.7. The Morgan fingerprint density at radius 1 is 1.58 bits per heavy atom. The smallest absolute Gasteiger partial charge is 0.222 e. The lowest BCUT2D eigenvalue weighted by Crippen LogP contribution is -2.51. The maximum absolute atomic E-state index is 12.3. The van der Waals surface area contributed by atoms with Crippen LogP contribution in [-0.2, 0) is 11.2 Å². The monoisotopic (exact) mass is 280 g/mol. The van der Waals surface area contributed by atoms with Gasteiger partial charge < -0.3 is 10.6 Å². The van der Waals surface area contributed by atoms with E-state index in [-0.39, 0.29) is 6.04 Å². The van der Waals surface area contributed by atoms with Crippen molar-refractivity contribution in [3.8, 4) is 0 Å². The number of aryl methyl sites for hydroxylation is 1. The van der Waals surface area contributed by atoms with Gasteiger partial charge in [0.05, 0.1) is 0 Å². The topological polar surface area (TPSA) is 46.3 Å².